The summed E-state index contributed by atoms with van der Waals surface area (Å²) in [6.07, 6.45) is 6.41. The highest BCUT2D eigenvalue weighted by molar-refractivity contribution is 5.85. The third kappa shape index (κ3) is 3.32. The summed E-state index contributed by atoms with van der Waals surface area (Å²) in [5.74, 6) is 1.14. The Kier molecular flexibility index (Phi) is 5.20. The van der Waals surface area contributed by atoms with Crippen LogP contribution in [0.1, 0.15) is 57.2 Å². The topological polar surface area (TPSA) is 89.3 Å². The molecule has 2 aliphatic carbocycles. The van der Waals surface area contributed by atoms with E-state index in [1.165, 1.54) is 0 Å². The number of amides is 1. The molecule has 134 valence electrons. The highest BCUT2D eigenvalue weighted by atomic mass is 16.5. The molecule has 24 heavy (non-hydrogen) atoms. The molecule has 2 N–H and O–H groups in total. The van der Waals surface area contributed by atoms with E-state index >= 15 is 0 Å². The lowest BCUT2D eigenvalue weighted by Crippen LogP contribution is -2.48. The van der Waals surface area contributed by atoms with Crippen LogP contribution >= 0.6 is 0 Å². The molecular formula is C17H28N4O3. The van der Waals surface area contributed by atoms with Gasteiger partial charge in [0.1, 0.15) is 17.8 Å². The molecule has 3 rings (SSSR count). The van der Waals surface area contributed by atoms with Gasteiger partial charge in [-0.2, -0.15) is 0 Å². The van der Waals surface area contributed by atoms with Crippen LogP contribution in [0.5, 0.6) is 0 Å². The normalized spacial score (nSPS) is 29.0. The molecule has 3 atom stereocenters. The Bertz CT molecular complexity index is 568. The average molecular weight is 336 g/mol. The van der Waals surface area contributed by atoms with Gasteiger partial charge in [-0.1, -0.05) is 0 Å². The summed E-state index contributed by atoms with van der Waals surface area (Å²) in [5, 5.41) is 21.5. The second-order valence-electron chi connectivity index (χ2n) is 7.14. The minimum absolute atomic E-state index is 0.0174. The summed E-state index contributed by atoms with van der Waals surface area (Å²) in [5.41, 5.74) is -0.651. The van der Waals surface area contributed by atoms with E-state index in [1.54, 1.807) is 6.33 Å². The molecule has 7 nitrogen and oxygen atoms in total. The van der Waals surface area contributed by atoms with Gasteiger partial charge in [-0.05, 0) is 45.4 Å². The molecule has 2 aliphatic rings. The molecule has 1 amide bonds. The first-order chi connectivity index (χ1) is 11.6. The molecular weight excluding hydrogens is 308 g/mol. The molecule has 0 bridgehead atoms. The average Bonchev–Trinajstić information content (AvgIpc) is 3.26. The standard InChI is InChI=1S/C17H28N4O3/c1-3-24-17(6-4-5-7-17)16(23)18-10-13-8-12(9-14(13)22)15-20-19-11-21(15)2/h11-14,22H,3-10H2,1-2H3,(H,18,23)/t12-,13+,14+/m0/s1. The number of ether oxygens (including phenoxy) is 1. The third-order valence-corrected chi connectivity index (χ3v) is 5.54. The lowest BCUT2D eigenvalue weighted by atomic mass is 9.99. The van der Waals surface area contributed by atoms with E-state index < -0.39 is 11.7 Å². The lowest BCUT2D eigenvalue weighted by Gasteiger charge is -2.28. The van der Waals surface area contributed by atoms with Crippen LogP contribution in [0.25, 0.3) is 0 Å². The van der Waals surface area contributed by atoms with Crippen LogP contribution in [0.4, 0.5) is 0 Å². The molecule has 0 saturated heterocycles. The molecule has 0 aromatic carbocycles. The number of hydrogen-bond acceptors (Lipinski definition) is 5. The van der Waals surface area contributed by atoms with Crippen LogP contribution in [0, 0.1) is 5.92 Å². The molecule has 1 aromatic heterocycles. The Labute approximate surface area is 142 Å². The number of nitrogens with zero attached hydrogens (tertiary/aromatic N) is 3. The van der Waals surface area contributed by atoms with E-state index in [0.717, 1.165) is 37.9 Å². The fourth-order valence-electron chi connectivity index (χ4n) is 4.24. The Morgan fingerprint density at radius 3 is 2.83 bits per heavy atom. The second-order valence-corrected chi connectivity index (χ2v) is 7.14. The fraction of sp³-hybridized carbons (Fsp3) is 0.824. The monoisotopic (exact) mass is 336 g/mol. The zero-order chi connectivity index (χ0) is 17.2. The van der Waals surface area contributed by atoms with E-state index in [9.17, 15) is 9.90 Å². The minimum Gasteiger partial charge on any atom is -0.393 e. The molecule has 1 aromatic rings. The van der Waals surface area contributed by atoms with E-state index in [2.05, 4.69) is 15.5 Å². The van der Waals surface area contributed by atoms with Gasteiger partial charge < -0.3 is 19.7 Å². The van der Waals surface area contributed by atoms with Crippen molar-refractivity contribution in [1.82, 2.24) is 20.1 Å². The van der Waals surface area contributed by atoms with Crippen LogP contribution in [-0.2, 0) is 16.6 Å². The molecule has 7 heteroatoms. The van der Waals surface area contributed by atoms with Crippen molar-refractivity contribution in [2.24, 2.45) is 13.0 Å². The summed E-state index contributed by atoms with van der Waals surface area (Å²) >= 11 is 0. The number of carbonyl (C=O) groups is 1. The van der Waals surface area contributed by atoms with Crippen molar-refractivity contribution in [3.8, 4) is 0 Å². The van der Waals surface area contributed by atoms with Crippen molar-refractivity contribution in [3.63, 3.8) is 0 Å². The molecule has 0 aliphatic heterocycles. The number of aliphatic hydroxyl groups is 1. The summed E-state index contributed by atoms with van der Waals surface area (Å²) in [6.45, 7) is 2.97. The van der Waals surface area contributed by atoms with Gasteiger partial charge in [-0.3, -0.25) is 4.79 Å². The van der Waals surface area contributed by atoms with Gasteiger partial charge in [0, 0.05) is 32.0 Å². The Hall–Kier alpha value is -1.47. The van der Waals surface area contributed by atoms with Gasteiger partial charge in [0.25, 0.3) is 5.91 Å². The van der Waals surface area contributed by atoms with Crippen molar-refractivity contribution < 1.29 is 14.6 Å². The molecule has 2 fully saturated rings. The van der Waals surface area contributed by atoms with Crippen LogP contribution in [-0.4, -0.2) is 50.6 Å². The quantitative estimate of drug-likeness (QED) is 0.813. The second kappa shape index (κ2) is 7.19. The SMILES string of the molecule is CCOC1(C(=O)NC[C@H]2C[C@H](c3nncn3C)C[C@H]2O)CCCC1. The zero-order valence-corrected chi connectivity index (χ0v) is 14.6. The first-order valence-corrected chi connectivity index (χ1v) is 9.00. The number of aryl methyl sites for hydroxylation is 1. The van der Waals surface area contributed by atoms with Crippen molar-refractivity contribution in [2.75, 3.05) is 13.2 Å². The van der Waals surface area contributed by atoms with E-state index in [0.29, 0.717) is 19.6 Å². The smallest absolute Gasteiger partial charge is 0.252 e. The number of carbonyl (C=O) groups excluding carboxylic acids is 1. The Balaban J connectivity index is 1.56. The summed E-state index contributed by atoms with van der Waals surface area (Å²) in [4.78, 5) is 12.6. The fourth-order valence-corrected chi connectivity index (χ4v) is 4.24. The van der Waals surface area contributed by atoms with Gasteiger partial charge in [0.15, 0.2) is 0 Å². The van der Waals surface area contributed by atoms with Crippen molar-refractivity contribution in [1.29, 1.82) is 0 Å². The van der Waals surface area contributed by atoms with E-state index in [-0.39, 0.29) is 17.7 Å². The van der Waals surface area contributed by atoms with Gasteiger partial charge in [0.05, 0.1) is 6.10 Å². The largest absolute Gasteiger partial charge is 0.393 e. The number of aliphatic hydroxyl groups excluding tert-OH is 1. The van der Waals surface area contributed by atoms with Crippen LogP contribution in [0.15, 0.2) is 6.33 Å². The highest BCUT2D eigenvalue weighted by Gasteiger charge is 2.43. The van der Waals surface area contributed by atoms with Gasteiger partial charge >= 0.3 is 0 Å². The van der Waals surface area contributed by atoms with Gasteiger partial charge in [0.2, 0.25) is 0 Å². The maximum atomic E-state index is 12.6. The minimum atomic E-state index is -0.651. The van der Waals surface area contributed by atoms with Gasteiger partial charge in [-0.25, -0.2) is 0 Å². The lowest BCUT2D eigenvalue weighted by molar-refractivity contribution is -0.146. The van der Waals surface area contributed by atoms with Crippen molar-refractivity contribution in [2.45, 2.75) is 63.1 Å². The van der Waals surface area contributed by atoms with Gasteiger partial charge in [-0.15, -0.1) is 10.2 Å². The van der Waals surface area contributed by atoms with E-state index in [1.807, 2.05) is 18.5 Å². The Morgan fingerprint density at radius 2 is 2.21 bits per heavy atom. The number of aromatic nitrogens is 3. The third-order valence-electron chi connectivity index (χ3n) is 5.54. The molecule has 0 unspecified atom stereocenters. The zero-order valence-electron chi connectivity index (χ0n) is 14.6. The predicted octanol–water partition coefficient (Wildman–Crippen LogP) is 1.14. The molecule has 0 spiro atoms. The predicted molar refractivity (Wildman–Crippen MR) is 88.3 cm³/mol. The summed E-state index contributed by atoms with van der Waals surface area (Å²) in [6, 6.07) is 0. The van der Waals surface area contributed by atoms with Crippen molar-refractivity contribution >= 4 is 5.91 Å². The highest BCUT2D eigenvalue weighted by Crippen LogP contribution is 2.38. The van der Waals surface area contributed by atoms with E-state index in [4.69, 9.17) is 4.74 Å². The molecule has 1 heterocycles. The molecule has 2 saturated carbocycles. The maximum absolute atomic E-state index is 12.6. The number of nitrogens with one attached hydrogen (secondary N) is 1. The maximum Gasteiger partial charge on any atom is 0.252 e. The van der Waals surface area contributed by atoms with Crippen LogP contribution in [0.3, 0.4) is 0 Å². The van der Waals surface area contributed by atoms with Crippen LogP contribution in [0.2, 0.25) is 0 Å². The summed E-state index contributed by atoms with van der Waals surface area (Å²) in [7, 11) is 1.92. The Morgan fingerprint density at radius 1 is 1.46 bits per heavy atom. The summed E-state index contributed by atoms with van der Waals surface area (Å²) < 4.78 is 7.70. The van der Waals surface area contributed by atoms with Crippen LogP contribution < -0.4 is 5.32 Å². The number of rotatable bonds is 6. The molecule has 0 radical (unpaired) electrons. The first-order valence-electron chi connectivity index (χ1n) is 9.00. The number of hydrogen-bond donors (Lipinski definition) is 2. The van der Waals surface area contributed by atoms with Crippen molar-refractivity contribution in [3.05, 3.63) is 12.2 Å². The first kappa shape index (κ1) is 17.4.